The van der Waals surface area contributed by atoms with Crippen LogP contribution in [0.15, 0.2) is 108 Å². The first-order chi connectivity index (χ1) is 23.9. The number of nitrogens with one attached hydrogen (secondary N) is 1. The van der Waals surface area contributed by atoms with Gasteiger partial charge in [-0.15, -0.1) is 5.10 Å². The van der Waals surface area contributed by atoms with Gasteiger partial charge in [0.25, 0.3) is 0 Å². The predicted octanol–water partition coefficient (Wildman–Crippen LogP) is 6.03. The molecule has 4 aromatic carbocycles. The molecule has 1 aromatic heterocycles. The summed E-state index contributed by atoms with van der Waals surface area (Å²) in [7, 11) is 0. The van der Waals surface area contributed by atoms with Crippen LogP contribution >= 0.6 is 11.8 Å². The van der Waals surface area contributed by atoms with E-state index >= 15 is 0 Å². The molecule has 6 rings (SSSR count). The van der Waals surface area contributed by atoms with E-state index in [4.69, 9.17) is 14.6 Å². The number of hydrogen-bond acceptors (Lipinski definition) is 9. The molecule has 12 heteroatoms. The molecule has 1 amide bonds. The van der Waals surface area contributed by atoms with Crippen LogP contribution in [0.2, 0.25) is 0 Å². The van der Waals surface area contributed by atoms with Gasteiger partial charge in [0.15, 0.2) is 6.29 Å². The van der Waals surface area contributed by atoms with Crippen molar-refractivity contribution < 1.29 is 29.3 Å². The molecule has 11 nitrogen and oxygen atoms in total. The van der Waals surface area contributed by atoms with Gasteiger partial charge in [0.2, 0.25) is 11.1 Å². The Hall–Kier alpha value is -4.88. The molecule has 0 aliphatic carbocycles. The van der Waals surface area contributed by atoms with Gasteiger partial charge in [0, 0.05) is 37.1 Å². The minimum absolute atomic E-state index is 0.0224. The van der Waals surface area contributed by atoms with Crippen LogP contribution in [-0.4, -0.2) is 54.2 Å². The number of benzene rings is 4. The third-order valence-corrected chi connectivity index (χ3v) is 9.23. The van der Waals surface area contributed by atoms with Crippen molar-refractivity contribution in [2.45, 2.75) is 62.5 Å². The van der Waals surface area contributed by atoms with Crippen LogP contribution in [-0.2, 0) is 32.2 Å². The van der Waals surface area contributed by atoms with Gasteiger partial charge in [-0.3, -0.25) is 9.59 Å². The number of thioether (sulfide) groups is 1. The number of carboxylic acid groups (broad SMARTS) is 1. The molecule has 1 saturated heterocycles. The van der Waals surface area contributed by atoms with Gasteiger partial charge in [-0.25, -0.2) is 0 Å². The average Bonchev–Trinajstić information content (AvgIpc) is 3.62. The molecule has 0 saturated carbocycles. The van der Waals surface area contributed by atoms with E-state index in [2.05, 4.69) is 20.8 Å². The predicted molar refractivity (Wildman–Crippen MR) is 184 cm³/mol. The molecular formula is C37H37N5O6S. The van der Waals surface area contributed by atoms with Gasteiger partial charge in [0.1, 0.15) is 0 Å². The number of carboxylic acids is 1. The maximum absolute atomic E-state index is 12.1. The summed E-state index contributed by atoms with van der Waals surface area (Å²) in [5, 5.41) is 34.2. The fraction of sp³-hybridized carbons (Fsp3) is 0.270. The van der Waals surface area contributed by atoms with Gasteiger partial charge in [0.05, 0.1) is 24.5 Å². The molecule has 0 spiro atoms. The fourth-order valence-corrected chi connectivity index (χ4v) is 6.48. The van der Waals surface area contributed by atoms with Crippen molar-refractivity contribution in [1.82, 2.24) is 25.5 Å². The number of aliphatic hydroxyl groups is 1. The summed E-state index contributed by atoms with van der Waals surface area (Å²) in [4.78, 5) is 22.8. The number of aliphatic carboxylic acids is 1. The minimum atomic E-state index is -0.904. The van der Waals surface area contributed by atoms with Crippen LogP contribution in [0.3, 0.4) is 0 Å². The van der Waals surface area contributed by atoms with E-state index in [9.17, 15) is 14.7 Å². The Morgan fingerprint density at radius 3 is 2.39 bits per heavy atom. The summed E-state index contributed by atoms with van der Waals surface area (Å²) in [6, 6.07) is 33.6. The van der Waals surface area contributed by atoms with Crippen LogP contribution in [0.5, 0.6) is 0 Å². The van der Waals surface area contributed by atoms with Crippen LogP contribution < -0.4 is 5.32 Å². The molecule has 0 radical (unpaired) electrons. The molecule has 3 atom stereocenters. The lowest BCUT2D eigenvalue weighted by atomic mass is 9.99. The lowest BCUT2D eigenvalue weighted by Crippen LogP contribution is -2.31. The first-order valence-electron chi connectivity index (χ1n) is 16.1. The maximum Gasteiger partial charge on any atom is 0.303 e. The standard InChI is InChI=1S/C37H37N5O6S/c43-23-25-12-14-28(15-13-25)33-21-32(24-49-37-39-40-41-42(37)31-8-2-1-3-9-31)47-36(48-33)29-18-16-27(17-19-29)30-7-4-6-26(20-30)22-38-34(44)10-5-11-35(45)46/h1-4,6-9,12-20,32-33,36,43H,5,10-11,21-24H2,(H,38,44)(H,45,46)/t32-,33+,36+/m1/s1. The second-order valence-corrected chi connectivity index (χ2v) is 12.7. The SMILES string of the molecule is O=C(O)CCCC(=O)NCc1cccc(-c2ccc([C@H]3O[C@@H](CSc4nnnn4-c4ccccc4)C[C@@H](c4ccc(CO)cc4)O3)cc2)c1. The van der Waals surface area contributed by atoms with Crippen molar-refractivity contribution >= 4 is 23.6 Å². The van der Waals surface area contributed by atoms with Gasteiger partial charge < -0.3 is 25.0 Å². The number of tetrazole rings is 1. The van der Waals surface area contributed by atoms with E-state index in [1.165, 1.54) is 11.8 Å². The van der Waals surface area contributed by atoms with Crippen LogP contribution in [0, 0.1) is 0 Å². The molecule has 3 N–H and O–H groups in total. The van der Waals surface area contributed by atoms with E-state index < -0.39 is 12.3 Å². The highest BCUT2D eigenvalue weighted by molar-refractivity contribution is 7.99. The van der Waals surface area contributed by atoms with E-state index in [1.807, 2.05) is 103 Å². The molecule has 1 fully saturated rings. The Morgan fingerprint density at radius 2 is 1.63 bits per heavy atom. The average molecular weight is 680 g/mol. The second kappa shape index (κ2) is 16.5. The Morgan fingerprint density at radius 1 is 0.857 bits per heavy atom. The number of para-hydroxylation sites is 1. The summed E-state index contributed by atoms with van der Waals surface area (Å²) in [5.41, 5.74) is 6.57. The molecule has 0 unspecified atom stereocenters. The second-order valence-electron chi connectivity index (χ2n) is 11.7. The Kier molecular flexibility index (Phi) is 11.4. The number of carbonyl (C=O) groups is 2. The highest BCUT2D eigenvalue weighted by Gasteiger charge is 2.32. The van der Waals surface area contributed by atoms with Gasteiger partial charge in [-0.2, -0.15) is 4.68 Å². The van der Waals surface area contributed by atoms with Crippen LogP contribution in [0.25, 0.3) is 16.8 Å². The number of rotatable bonds is 14. The largest absolute Gasteiger partial charge is 0.481 e. The third-order valence-electron chi connectivity index (χ3n) is 8.18. The molecule has 49 heavy (non-hydrogen) atoms. The third kappa shape index (κ3) is 9.18. The van der Waals surface area contributed by atoms with E-state index in [1.54, 1.807) is 4.68 Å². The highest BCUT2D eigenvalue weighted by atomic mass is 32.2. The normalized spacial score (nSPS) is 17.4. The monoisotopic (exact) mass is 679 g/mol. The van der Waals surface area contributed by atoms with E-state index in [-0.39, 0.29) is 37.6 Å². The zero-order valence-corrected chi connectivity index (χ0v) is 27.5. The van der Waals surface area contributed by atoms with Gasteiger partial charge >= 0.3 is 5.97 Å². The van der Waals surface area contributed by atoms with Crippen molar-refractivity contribution in [3.8, 4) is 16.8 Å². The molecular weight excluding hydrogens is 643 g/mol. The van der Waals surface area contributed by atoms with Crippen LogP contribution in [0.4, 0.5) is 0 Å². The van der Waals surface area contributed by atoms with Crippen molar-refractivity contribution in [3.05, 3.63) is 125 Å². The molecule has 1 aliphatic rings. The van der Waals surface area contributed by atoms with Crippen molar-refractivity contribution in [3.63, 3.8) is 0 Å². The van der Waals surface area contributed by atoms with E-state index in [0.29, 0.717) is 30.3 Å². The molecule has 1 aliphatic heterocycles. The maximum atomic E-state index is 12.1. The van der Waals surface area contributed by atoms with E-state index in [0.717, 1.165) is 39.1 Å². The van der Waals surface area contributed by atoms with Crippen LogP contribution in [0.1, 0.15) is 60.3 Å². The topological polar surface area (TPSA) is 149 Å². The summed E-state index contributed by atoms with van der Waals surface area (Å²) in [6.07, 6.45) is 0.108. The number of aliphatic hydroxyl groups excluding tert-OH is 1. The van der Waals surface area contributed by atoms with Crippen molar-refractivity contribution in [2.24, 2.45) is 0 Å². The first kappa shape index (κ1) is 34.0. The number of amides is 1. The quantitative estimate of drug-likeness (QED) is 0.119. The summed E-state index contributed by atoms with van der Waals surface area (Å²) in [5.74, 6) is -0.462. The molecule has 5 aromatic rings. The number of aromatic nitrogens is 4. The molecule has 2 heterocycles. The summed E-state index contributed by atoms with van der Waals surface area (Å²) >= 11 is 1.53. The zero-order valence-electron chi connectivity index (χ0n) is 26.7. The van der Waals surface area contributed by atoms with Crippen molar-refractivity contribution in [2.75, 3.05) is 5.75 Å². The molecule has 252 valence electrons. The first-order valence-corrected chi connectivity index (χ1v) is 17.1. The summed E-state index contributed by atoms with van der Waals surface area (Å²) < 4.78 is 14.8. The number of carbonyl (C=O) groups excluding carboxylic acids is 1. The number of ether oxygens (including phenoxy) is 2. The van der Waals surface area contributed by atoms with Gasteiger partial charge in [-0.1, -0.05) is 96.7 Å². The Bertz CT molecular complexity index is 1830. The van der Waals surface area contributed by atoms with Gasteiger partial charge in [-0.05, 0) is 62.9 Å². The fourth-order valence-electron chi connectivity index (χ4n) is 5.57. The Balaban J connectivity index is 1.14. The minimum Gasteiger partial charge on any atom is -0.481 e. The summed E-state index contributed by atoms with van der Waals surface area (Å²) in [6.45, 7) is 0.338. The number of nitrogens with zero attached hydrogens (tertiary/aromatic N) is 4. The Labute approximate surface area is 288 Å². The number of hydrogen-bond donors (Lipinski definition) is 3. The molecule has 0 bridgehead atoms. The zero-order chi connectivity index (χ0) is 34.0. The lowest BCUT2D eigenvalue weighted by Gasteiger charge is -2.36. The van der Waals surface area contributed by atoms with Crippen molar-refractivity contribution in [1.29, 1.82) is 0 Å². The smallest absolute Gasteiger partial charge is 0.303 e. The highest BCUT2D eigenvalue weighted by Crippen LogP contribution is 2.40. The lowest BCUT2D eigenvalue weighted by molar-refractivity contribution is -0.245.